The molecule has 3 heteroatoms. The summed E-state index contributed by atoms with van der Waals surface area (Å²) in [6.45, 7) is 12.6. The summed E-state index contributed by atoms with van der Waals surface area (Å²) in [5.74, 6) is 7.76. The lowest BCUT2D eigenvalue weighted by Crippen LogP contribution is -2.54. The molecule has 0 amide bonds. The third kappa shape index (κ3) is 4.37. The highest BCUT2D eigenvalue weighted by Crippen LogP contribution is 2.68. The van der Waals surface area contributed by atoms with Crippen molar-refractivity contribution in [2.75, 3.05) is 11.5 Å². The first-order chi connectivity index (χ1) is 17.1. The Kier molecular flexibility index (Phi) is 7.16. The minimum atomic E-state index is 0.122. The van der Waals surface area contributed by atoms with Crippen molar-refractivity contribution in [2.24, 2.45) is 52.3 Å². The molecule has 0 bridgehead atoms. The summed E-state index contributed by atoms with van der Waals surface area (Å²) in [5.41, 5.74) is 14.3. The number of anilines is 2. The zero-order valence-corrected chi connectivity index (χ0v) is 23.7. The van der Waals surface area contributed by atoms with Gasteiger partial charge in [0.15, 0.2) is 0 Å². The average molecular weight is 493 g/mol. The number of hydrogen-bond acceptors (Lipinski definition) is 3. The largest absolute Gasteiger partial charge is 0.459 e. The summed E-state index contributed by atoms with van der Waals surface area (Å²) in [4.78, 5) is 0. The van der Waals surface area contributed by atoms with E-state index in [0.29, 0.717) is 16.8 Å². The maximum atomic E-state index is 6.70. The lowest BCUT2D eigenvalue weighted by atomic mass is 9.45. The molecular formula is C33H52N2O. The van der Waals surface area contributed by atoms with Crippen LogP contribution >= 0.6 is 0 Å². The maximum Gasteiger partial charge on any atom is 0.149 e. The van der Waals surface area contributed by atoms with Gasteiger partial charge in [0.1, 0.15) is 11.5 Å². The van der Waals surface area contributed by atoms with E-state index in [2.05, 4.69) is 40.7 Å². The Morgan fingerprint density at radius 3 is 2.50 bits per heavy atom. The van der Waals surface area contributed by atoms with E-state index in [4.69, 9.17) is 16.2 Å². The summed E-state index contributed by atoms with van der Waals surface area (Å²) in [6, 6.07) is 5.69. The van der Waals surface area contributed by atoms with Crippen molar-refractivity contribution in [2.45, 2.75) is 105 Å². The van der Waals surface area contributed by atoms with E-state index in [-0.39, 0.29) is 5.41 Å². The van der Waals surface area contributed by atoms with Gasteiger partial charge in [0.25, 0.3) is 0 Å². The molecule has 4 N–H and O–H groups in total. The number of benzene rings is 1. The van der Waals surface area contributed by atoms with E-state index >= 15 is 0 Å². The van der Waals surface area contributed by atoms with Crippen molar-refractivity contribution in [3.8, 4) is 5.75 Å². The second kappa shape index (κ2) is 9.91. The normalized spacial score (nSPS) is 38.6. The molecule has 1 aromatic rings. The maximum absolute atomic E-state index is 6.70. The molecule has 0 radical (unpaired) electrons. The Bertz CT molecular complexity index is 968. The Morgan fingerprint density at radius 1 is 0.944 bits per heavy atom. The predicted octanol–water partition coefficient (Wildman–Crippen LogP) is 8.84. The van der Waals surface area contributed by atoms with Crippen LogP contribution in [0.3, 0.4) is 0 Å². The fourth-order valence-electron chi connectivity index (χ4n) is 9.85. The second-order valence-electron chi connectivity index (χ2n) is 14.0. The van der Waals surface area contributed by atoms with Crippen molar-refractivity contribution >= 4 is 11.4 Å². The summed E-state index contributed by atoms with van der Waals surface area (Å²) in [7, 11) is 0. The lowest BCUT2D eigenvalue weighted by molar-refractivity contribution is -0.100. The summed E-state index contributed by atoms with van der Waals surface area (Å²) < 4.78 is 6.70. The number of nitrogens with two attached hydrogens (primary N) is 2. The van der Waals surface area contributed by atoms with E-state index in [0.717, 1.165) is 53.6 Å². The minimum absolute atomic E-state index is 0.122. The van der Waals surface area contributed by atoms with Gasteiger partial charge in [0.05, 0.1) is 5.69 Å². The van der Waals surface area contributed by atoms with Gasteiger partial charge in [0, 0.05) is 11.1 Å². The number of allylic oxidation sites excluding steroid dienone is 2. The summed E-state index contributed by atoms with van der Waals surface area (Å²) >= 11 is 0. The Balaban J connectivity index is 1.36. The molecule has 0 spiro atoms. The smallest absolute Gasteiger partial charge is 0.149 e. The Labute approximate surface area is 220 Å². The monoisotopic (exact) mass is 492 g/mol. The molecule has 1 aromatic carbocycles. The van der Waals surface area contributed by atoms with Crippen LogP contribution in [-0.2, 0) is 0 Å². The van der Waals surface area contributed by atoms with Gasteiger partial charge in [-0.15, -0.1) is 0 Å². The van der Waals surface area contributed by atoms with Crippen molar-refractivity contribution in [3.63, 3.8) is 0 Å². The van der Waals surface area contributed by atoms with Crippen molar-refractivity contribution in [3.05, 3.63) is 30.0 Å². The molecular weight excluding hydrogens is 440 g/mol. The zero-order chi connectivity index (χ0) is 25.7. The van der Waals surface area contributed by atoms with Gasteiger partial charge < -0.3 is 16.2 Å². The van der Waals surface area contributed by atoms with Gasteiger partial charge >= 0.3 is 0 Å². The van der Waals surface area contributed by atoms with Crippen LogP contribution in [0.4, 0.5) is 11.4 Å². The van der Waals surface area contributed by atoms with E-state index in [9.17, 15) is 0 Å². The predicted molar refractivity (Wildman–Crippen MR) is 152 cm³/mol. The number of rotatable bonds is 7. The van der Waals surface area contributed by atoms with Gasteiger partial charge in [-0.05, 0) is 122 Å². The first-order valence-corrected chi connectivity index (χ1v) is 15.2. The molecule has 36 heavy (non-hydrogen) atoms. The fourth-order valence-corrected chi connectivity index (χ4v) is 9.85. The van der Waals surface area contributed by atoms with Crippen LogP contribution in [0.2, 0.25) is 0 Å². The quantitative estimate of drug-likeness (QED) is 0.374. The van der Waals surface area contributed by atoms with Gasteiger partial charge in [0.2, 0.25) is 0 Å². The second-order valence-corrected chi connectivity index (χ2v) is 14.0. The molecule has 0 aliphatic heterocycles. The van der Waals surface area contributed by atoms with E-state index in [1.165, 1.54) is 70.0 Å². The SMILES string of the molecule is CC(C)CCC[C@@H](C)[C@H]1CC[C@H]2[C@@H]3CCC4CCC=C(Oc5ccc(N)cc5N)[C@]4(C)[C@H]3CC[C@]12C. The highest BCUT2D eigenvalue weighted by atomic mass is 16.5. The summed E-state index contributed by atoms with van der Waals surface area (Å²) in [6.07, 6.45) is 17.5. The van der Waals surface area contributed by atoms with Crippen LogP contribution in [-0.4, -0.2) is 0 Å². The molecule has 4 aliphatic carbocycles. The van der Waals surface area contributed by atoms with Gasteiger partial charge in [-0.1, -0.05) is 53.9 Å². The Hall–Kier alpha value is -1.64. The third-order valence-electron chi connectivity index (χ3n) is 11.7. The molecule has 3 fully saturated rings. The molecule has 5 rings (SSSR count). The molecule has 0 saturated heterocycles. The number of hydrogen-bond donors (Lipinski definition) is 2. The van der Waals surface area contributed by atoms with Crippen molar-refractivity contribution in [1.82, 2.24) is 0 Å². The molecule has 3 nitrogen and oxygen atoms in total. The van der Waals surface area contributed by atoms with Crippen molar-refractivity contribution in [1.29, 1.82) is 0 Å². The molecule has 3 saturated carbocycles. The third-order valence-corrected chi connectivity index (χ3v) is 11.7. The van der Waals surface area contributed by atoms with Crippen LogP contribution in [0.15, 0.2) is 30.0 Å². The molecule has 200 valence electrons. The van der Waals surface area contributed by atoms with Gasteiger partial charge in [-0.25, -0.2) is 0 Å². The average Bonchev–Trinajstić information content (AvgIpc) is 3.18. The van der Waals surface area contributed by atoms with E-state index in [1.807, 2.05) is 18.2 Å². The Morgan fingerprint density at radius 2 is 1.75 bits per heavy atom. The van der Waals surface area contributed by atoms with Crippen LogP contribution in [0, 0.1) is 52.3 Å². The number of fused-ring (bicyclic) bond motifs is 5. The van der Waals surface area contributed by atoms with E-state index < -0.39 is 0 Å². The standard InChI is InChI=1S/C33H52N2O/c1-21(2)8-6-9-22(3)26-15-16-27-25-14-12-23-10-7-11-31(36-30-17-13-24(34)20-29(30)35)33(23,5)28(25)18-19-32(26,27)4/h11,13,17,20-23,25-28H,6-10,12,14-16,18-19,34-35H2,1-5H3/t22-,23?,25+,26-,27+,28+,32-,33+/m1/s1. The van der Waals surface area contributed by atoms with Crippen LogP contribution in [0.1, 0.15) is 105 Å². The minimum Gasteiger partial charge on any atom is -0.459 e. The number of nitrogen functional groups attached to an aromatic ring is 2. The topological polar surface area (TPSA) is 61.3 Å². The molecule has 8 atom stereocenters. The first kappa shape index (κ1) is 26.0. The lowest BCUT2D eigenvalue weighted by Gasteiger charge is -2.60. The number of ether oxygens (including phenoxy) is 1. The van der Waals surface area contributed by atoms with Gasteiger partial charge in [-0.3, -0.25) is 0 Å². The molecule has 1 unspecified atom stereocenters. The fraction of sp³-hybridized carbons (Fsp3) is 0.758. The highest BCUT2D eigenvalue weighted by Gasteiger charge is 2.61. The highest BCUT2D eigenvalue weighted by molar-refractivity contribution is 5.61. The zero-order valence-electron chi connectivity index (χ0n) is 23.7. The van der Waals surface area contributed by atoms with Crippen LogP contribution in [0.25, 0.3) is 0 Å². The van der Waals surface area contributed by atoms with Crippen molar-refractivity contribution < 1.29 is 4.74 Å². The molecule has 4 aliphatic rings. The molecule has 0 heterocycles. The van der Waals surface area contributed by atoms with E-state index in [1.54, 1.807) is 0 Å². The molecule has 0 aromatic heterocycles. The van der Waals surface area contributed by atoms with Crippen LogP contribution < -0.4 is 16.2 Å². The first-order valence-electron chi connectivity index (χ1n) is 15.2. The van der Waals surface area contributed by atoms with Gasteiger partial charge in [-0.2, -0.15) is 0 Å². The summed E-state index contributed by atoms with van der Waals surface area (Å²) in [5, 5.41) is 0. The van der Waals surface area contributed by atoms with Crippen LogP contribution in [0.5, 0.6) is 5.75 Å².